The molecule has 1 unspecified atom stereocenters. The van der Waals surface area contributed by atoms with Gasteiger partial charge >= 0.3 is 0 Å². The smallest absolute Gasteiger partial charge is 0.274 e. The number of sulfonamides is 1. The molecule has 13 heteroatoms. The summed E-state index contributed by atoms with van der Waals surface area (Å²) in [6.07, 6.45) is 6.03. The van der Waals surface area contributed by atoms with Crippen LogP contribution in [0.5, 0.6) is 5.75 Å². The van der Waals surface area contributed by atoms with Crippen LogP contribution in [-0.4, -0.2) is 103 Å². The monoisotopic (exact) mass is 656 g/mol. The van der Waals surface area contributed by atoms with Gasteiger partial charge in [0.1, 0.15) is 5.75 Å². The van der Waals surface area contributed by atoms with Crippen LogP contribution in [0.2, 0.25) is 0 Å². The van der Waals surface area contributed by atoms with Crippen LogP contribution in [0, 0.1) is 5.92 Å². The Balaban J connectivity index is 1.53. The van der Waals surface area contributed by atoms with Crippen molar-refractivity contribution in [3.63, 3.8) is 0 Å². The van der Waals surface area contributed by atoms with E-state index in [0.717, 1.165) is 48.1 Å². The number of nitrogens with one attached hydrogen (secondary N) is 1. The van der Waals surface area contributed by atoms with Crippen molar-refractivity contribution in [2.75, 3.05) is 46.9 Å². The van der Waals surface area contributed by atoms with Gasteiger partial charge in [-0.3, -0.25) is 19.1 Å². The molecule has 2 aliphatic carbocycles. The number of carbonyl (C=O) groups excluding carboxylic acids is 3. The molecule has 12 nitrogen and oxygen atoms in total. The van der Waals surface area contributed by atoms with Gasteiger partial charge in [0.25, 0.3) is 5.91 Å². The molecule has 1 N–H and O–H groups in total. The number of methoxy groups -OCH3 is 1. The second kappa shape index (κ2) is 14.1. The number of aromatic nitrogens is 2. The van der Waals surface area contributed by atoms with Gasteiger partial charge in [-0.15, -0.1) is 0 Å². The highest BCUT2D eigenvalue weighted by Crippen LogP contribution is 2.36. The summed E-state index contributed by atoms with van der Waals surface area (Å²) in [4.78, 5) is 44.0. The summed E-state index contributed by atoms with van der Waals surface area (Å²) in [6, 6.07) is 3.11. The largest absolute Gasteiger partial charge is 0.496 e. The fraction of sp³-hybridized carbons (Fsp3) is 0.636. The van der Waals surface area contributed by atoms with Gasteiger partial charge in [0, 0.05) is 51.0 Å². The Hall–Kier alpha value is -3.45. The lowest BCUT2D eigenvalue weighted by molar-refractivity contribution is -0.134. The average Bonchev–Trinajstić information content (AvgIpc) is 3.36. The third-order valence-electron chi connectivity index (χ3n) is 9.57. The van der Waals surface area contributed by atoms with Crippen LogP contribution < -0.4 is 10.1 Å². The molecule has 2 heterocycles. The van der Waals surface area contributed by atoms with Gasteiger partial charge in [-0.2, -0.15) is 9.40 Å². The summed E-state index contributed by atoms with van der Waals surface area (Å²) in [7, 11) is 0.917. The van der Waals surface area contributed by atoms with E-state index in [-0.39, 0.29) is 54.8 Å². The first-order valence-electron chi connectivity index (χ1n) is 16.5. The molecule has 3 aliphatic rings. The lowest BCUT2D eigenvalue weighted by Crippen LogP contribution is -2.50. The first-order valence-corrected chi connectivity index (χ1v) is 17.9. The zero-order valence-corrected chi connectivity index (χ0v) is 28.6. The Kier molecular flexibility index (Phi) is 10.4. The first kappa shape index (κ1) is 33.9. The Morgan fingerprint density at radius 3 is 2.46 bits per heavy atom. The van der Waals surface area contributed by atoms with Gasteiger partial charge in [-0.05, 0) is 87.0 Å². The highest BCUT2D eigenvalue weighted by molar-refractivity contribution is 7.89. The maximum absolute atomic E-state index is 14.5. The van der Waals surface area contributed by atoms with E-state index in [1.54, 1.807) is 31.0 Å². The highest BCUT2D eigenvalue weighted by atomic mass is 32.2. The van der Waals surface area contributed by atoms with Crippen LogP contribution in [0.1, 0.15) is 78.8 Å². The Labute approximate surface area is 272 Å². The van der Waals surface area contributed by atoms with Gasteiger partial charge < -0.3 is 19.9 Å². The molecule has 0 fully saturated rings. The number of nitrogens with zero attached hydrogens (tertiary/aromatic N) is 5. The quantitative estimate of drug-likeness (QED) is 0.505. The zero-order valence-electron chi connectivity index (χ0n) is 27.8. The maximum atomic E-state index is 14.5. The van der Waals surface area contributed by atoms with Crippen molar-refractivity contribution < 1.29 is 27.5 Å². The lowest BCUT2D eigenvalue weighted by Gasteiger charge is -2.36. The molecule has 0 spiro atoms. The molecule has 0 radical (unpaired) electrons. The van der Waals surface area contributed by atoms with Gasteiger partial charge in [-0.25, -0.2) is 8.42 Å². The van der Waals surface area contributed by atoms with Crippen molar-refractivity contribution in [1.29, 1.82) is 0 Å². The van der Waals surface area contributed by atoms with E-state index in [2.05, 4.69) is 24.3 Å². The molecule has 46 heavy (non-hydrogen) atoms. The van der Waals surface area contributed by atoms with Crippen molar-refractivity contribution in [3.05, 3.63) is 40.2 Å². The van der Waals surface area contributed by atoms with E-state index < -0.39 is 10.0 Å². The molecule has 5 rings (SSSR count). The van der Waals surface area contributed by atoms with Crippen molar-refractivity contribution in [2.24, 2.45) is 13.0 Å². The minimum Gasteiger partial charge on any atom is -0.496 e. The van der Waals surface area contributed by atoms with Crippen molar-refractivity contribution in [3.8, 4) is 5.75 Å². The molecule has 252 valence electrons. The molecule has 1 aliphatic heterocycles. The van der Waals surface area contributed by atoms with Gasteiger partial charge in [0.05, 0.1) is 25.1 Å². The molecule has 2 bridgehead atoms. The summed E-state index contributed by atoms with van der Waals surface area (Å²) in [6.45, 7) is 4.50. The molecular weight excluding hydrogens is 608 g/mol. The molecule has 1 atom stereocenters. The number of aryl methyl sites for hydroxylation is 1. The molecule has 0 saturated carbocycles. The second-order valence-corrected chi connectivity index (χ2v) is 15.1. The van der Waals surface area contributed by atoms with E-state index in [1.165, 1.54) is 9.21 Å². The van der Waals surface area contributed by atoms with Crippen LogP contribution >= 0.6 is 0 Å². The van der Waals surface area contributed by atoms with E-state index >= 15 is 0 Å². The summed E-state index contributed by atoms with van der Waals surface area (Å²) in [5.74, 6) is 0.0890. The zero-order chi connectivity index (χ0) is 33.2. The van der Waals surface area contributed by atoms with Crippen LogP contribution in [0.4, 0.5) is 0 Å². The number of hydrogen-bond donors (Lipinski definition) is 1. The third-order valence-corrected chi connectivity index (χ3v) is 11.5. The molecule has 1 aromatic carbocycles. The molecule has 1 aromatic heterocycles. The highest BCUT2D eigenvalue weighted by Gasteiger charge is 2.37. The van der Waals surface area contributed by atoms with Crippen molar-refractivity contribution in [2.45, 2.75) is 82.6 Å². The number of ether oxygens (including phenoxy) is 1. The number of hydrogen-bond acceptors (Lipinski definition) is 7. The molecule has 0 saturated heterocycles. The van der Waals surface area contributed by atoms with E-state index in [4.69, 9.17) is 4.74 Å². The van der Waals surface area contributed by atoms with Crippen molar-refractivity contribution in [1.82, 2.24) is 29.2 Å². The van der Waals surface area contributed by atoms with Crippen molar-refractivity contribution >= 4 is 27.7 Å². The number of amides is 3. The number of benzene rings is 1. The summed E-state index contributed by atoms with van der Waals surface area (Å²) < 4.78 is 37.5. The predicted octanol–water partition coefficient (Wildman–Crippen LogP) is 2.32. The summed E-state index contributed by atoms with van der Waals surface area (Å²) in [5, 5.41) is 7.36. The topological polar surface area (TPSA) is 134 Å². The Bertz CT molecular complexity index is 1590. The molecular formula is C33H48N6O6S. The van der Waals surface area contributed by atoms with E-state index in [9.17, 15) is 22.8 Å². The van der Waals surface area contributed by atoms with Crippen LogP contribution in [0.25, 0.3) is 0 Å². The Morgan fingerprint density at radius 2 is 1.74 bits per heavy atom. The van der Waals surface area contributed by atoms with Crippen LogP contribution in [-0.2, 0) is 52.3 Å². The third kappa shape index (κ3) is 6.95. The fourth-order valence-electron chi connectivity index (χ4n) is 7.02. The molecule has 2 aromatic rings. The Morgan fingerprint density at radius 1 is 1.00 bits per heavy atom. The van der Waals surface area contributed by atoms with Gasteiger partial charge in [0.2, 0.25) is 21.8 Å². The number of fused-ring (bicyclic) bond motifs is 2. The number of rotatable bonds is 6. The first-order chi connectivity index (χ1) is 21.9. The van der Waals surface area contributed by atoms with E-state index in [0.29, 0.717) is 56.0 Å². The summed E-state index contributed by atoms with van der Waals surface area (Å²) >= 11 is 0. The summed E-state index contributed by atoms with van der Waals surface area (Å²) in [5.41, 5.74) is 3.73. The van der Waals surface area contributed by atoms with Gasteiger partial charge in [0.15, 0.2) is 5.69 Å². The fourth-order valence-corrected chi connectivity index (χ4v) is 8.73. The predicted molar refractivity (Wildman–Crippen MR) is 173 cm³/mol. The average molecular weight is 657 g/mol. The number of likely N-dealkylation sites (N-methyl/N-ethyl adjacent to an activating group) is 1. The normalized spacial score (nSPS) is 20.6. The van der Waals surface area contributed by atoms with Crippen LogP contribution in [0.3, 0.4) is 0 Å². The minimum atomic E-state index is -4.07. The van der Waals surface area contributed by atoms with Crippen LogP contribution in [0.15, 0.2) is 17.0 Å². The standard InChI is InChI=1S/C33H48N6O6S/c1-22(2)15-18-39-23-11-12-27-26(19-23)32(35-37(27)4)33(42)36(3)20-30(40)34-16-8-17-38(21-31(39)41)46(43,44)29-14-13-28(45-5)24-9-6-7-10-25(24)29/h13-14,22-23H,6-12,15-21H2,1-5H3,(H,34,40). The second-order valence-electron chi connectivity index (χ2n) is 13.2. The lowest BCUT2D eigenvalue weighted by atomic mass is 9.89. The SMILES string of the molecule is COc1ccc(S(=O)(=O)N2CCCNC(=O)CN(C)C(=O)c3nn(C)c4c3CC(CC4)N(CCC(C)C)C(=O)C2)c2c1CCCC2. The van der Waals surface area contributed by atoms with Gasteiger partial charge in [-0.1, -0.05) is 13.8 Å². The number of carbonyl (C=O) groups is 3. The molecule has 3 amide bonds. The minimum absolute atomic E-state index is 0.0590. The van der Waals surface area contributed by atoms with E-state index in [1.807, 2.05) is 11.9 Å². The maximum Gasteiger partial charge on any atom is 0.274 e.